The summed E-state index contributed by atoms with van der Waals surface area (Å²) >= 11 is 12.4. The topological polar surface area (TPSA) is 63.4 Å². The predicted molar refractivity (Wildman–Crippen MR) is 140 cm³/mol. The molecule has 0 spiro atoms. The number of nitrogens with two attached hydrogens (primary N) is 1. The molecule has 1 atom stereocenters. The van der Waals surface area contributed by atoms with Crippen LogP contribution in [-0.2, 0) is 0 Å². The number of nitrogen functional groups attached to an aromatic ring is 1. The van der Waals surface area contributed by atoms with Crippen LogP contribution in [0.1, 0.15) is 44.4 Å². The Morgan fingerprint density at radius 3 is 2.74 bits per heavy atom. The molecule has 3 N–H and O–H groups in total. The summed E-state index contributed by atoms with van der Waals surface area (Å²) in [5.41, 5.74) is 9.47. The Hall–Kier alpha value is -2.54. The first-order valence-electron chi connectivity index (χ1n) is 11.4. The molecule has 182 valence electrons. The van der Waals surface area contributed by atoms with Crippen LogP contribution in [-0.4, -0.2) is 36.1 Å². The lowest BCUT2D eigenvalue weighted by Crippen LogP contribution is -2.42. The number of aromatic nitrogens is 1. The van der Waals surface area contributed by atoms with Crippen molar-refractivity contribution in [2.24, 2.45) is 0 Å². The van der Waals surface area contributed by atoms with Gasteiger partial charge in [0.2, 0.25) is 0 Å². The SMILES string of the molecule is C\C=C(/C=C(\C=C\CC)c1cnc(N)c(OC(C)c2c(Cl)ccc(F)c2Cl)c1)N1CCNCC1. The van der Waals surface area contributed by atoms with Crippen molar-refractivity contribution >= 4 is 34.6 Å². The molecule has 1 aliphatic heterocycles. The van der Waals surface area contributed by atoms with E-state index in [1.54, 1.807) is 13.1 Å². The fourth-order valence-corrected chi connectivity index (χ4v) is 4.46. The average molecular weight is 505 g/mol. The van der Waals surface area contributed by atoms with Crippen LogP contribution in [0, 0.1) is 5.82 Å². The smallest absolute Gasteiger partial charge is 0.166 e. The zero-order valence-electron chi connectivity index (χ0n) is 19.7. The van der Waals surface area contributed by atoms with Crippen LogP contribution in [0.5, 0.6) is 5.75 Å². The van der Waals surface area contributed by atoms with Crippen LogP contribution >= 0.6 is 23.2 Å². The van der Waals surface area contributed by atoms with E-state index in [9.17, 15) is 4.39 Å². The Labute approximate surface area is 211 Å². The summed E-state index contributed by atoms with van der Waals surface area (Å²) in [5, 5.41) is 3.64. The lowest BCUT2D eigenvalue weighted by atomic mass is 10.0. The first-order chi connectivity index (χ1) is 16.3. The van der Waals surface area contributed by atoms with Crippen molar-refractivity contribution in [3.05, 3.63) is 81.4 Å². The van der Waals surface area contributed by atoms with Crippen LogP contribution in [0.4, 0.5) is 10.2 Å². The highest BCUT2D eigenvalue weighted by Crippen LogP contribution is 2.36. The van der Waals surface area contributed by atoms with Crippen molar-refractivity contribution < 1.29 is 9.13 Å². The summed E-state index contributed by atoms with van der Waals surface area (Å²) < 4.78 is 20.1. The van der Waals surface area contributed by atoms with Gasteiger partial charge in [-0.25, -0.2) is 9.37 Å². The van der Waals surface area contributed by atoms with Gasteiger partial charge < -0.3 is 20.7 Å². The van der Waals surface area contributed by atoms with Gasteiger partial charge in [-0.2, -0.15) is 0 Å². The summed E-state index contributed by atoms with van der Waals surface area (Å²) in [6.45, 7) is 9.67. The van der Waals surface area contributed by atoms with E-state index in [-0.39, 0.29) is 10.8 Å². The molecule has 8 heteroatoms. The lowest BCUT2D eigenvalue weighted by molar-refractivity contribution is 0.227. The van der Waals surface area contributed by atoms with E-state index in [4.69, 9.17) is 33.7 Å². The minimum absolute atomic E-state index is 0.0668. The number of halogens is 3. The molecule has 1 aromatic carbocycles. The Balaban J connectivity index is 1.95. The van der Waals surface area contributed by atoms with Gasteiger partial charge in [-0.3, -0.25) is 0 Å². The molecule has 0 radical (unpaired) electrons. The molecule has 1 fully saturated rings. The normalized spacial score (nSPS) is 16.2. The molecule has 2 heterocycles. The van der Waals surface area contributed by atoms with Crippen molar-refractivity contribution in [1.29, 1.82) is 0 Å². The van der Waals surface area contributed by atoms with Crippen molar-refractivity contribution in [2.75, 3.05) is 31.9 Å². The van der Waals surface area contributed by atoms with Crippen molar-refractivity contribution in [1.82, 2.24) is 15.2 Å². The summed E-state index contributed by atoms with van der Waals surface area (Å²) in [6, 6.07) is 4.53. The number of pyridine rings is 1. The third-order valence-corrected chi connectivity index (χ3v) is 6.33. The van der Waals surface area contributed by atoms with Gasteiger partial charge in [0.15, 0.2) is 11.6 Å². The fourth-order valence-electron chi connectivity index (χ4n) is 3.78. The Morgan fingerprint density at radius 2 is 2.06 bits per heavy atom. The molecule has 34 heavy (non-hydrogen) atoms. The van der Waals surface area contributed by atoms with Crippen molar-refractivity contribution in [3.8, 4) is 5.75 Å². The van der Waals surface area contributed by atoms with Gasteiger partial charge in [0.25, 0.3) is 0 Å². The van der Waals surface area contributed by atoms with E-state index in [0.717, 1.165) is 49.4 Å². The second-order valence-corrected chi connectivity index (χ2v) is 8.77. The molecule has 1 saturated heterocycles. The lowest BCUT2D eigenvalue weighted by Gasteiger charge is -2.30. The Morgan fingerprint density at radius 1 is 1.32 bits per heavy atom. The molecule has 0 saturated carbocycles. The molecule has 2 aromatic rings. The van der Waals surface area contributed by atoms with Gasteiger partial charge in [0, 0.05) is 54.2 Å². The number of hydrogen-bond donors (Lipinski definition) is 2. The zero-order valence-corrected chi connectivity index (χ0v) is 21.3. The van der Waals surface area contributed by atoms with Gasteiger partial charge in [0.1, 0.15) is 11.9 Å². The summed E-state index contributed by atoms with van der Waals surface area (Å²) in [7, 11) is 0. The maximum absolute atomic E-state index is 14.0. The largest absolute Gasteiger partial charge is 0.482 e. The summed E-state index contributed by atoms with van der Waals surface area (Å²) in [6.07, 6.45) is 10.4. The number of hydrogen-bond acceptors (Lipinski definition) is 5. The van der Waals surface area contributed by atoms with E-state index in [1.165, 1.54) is 12.1 Å². The zero-order chi connectivity index (χ0) is 24.7. The van der Waals surface area contributed by atoms with Crippen LogP contribution < -0.4 is 15.8 Å². The minimum atomic E-state index is -0.638. The third kappa shape index (κ3) is 6.32. The number of anilines is 1. The van der Waals surface area contributed by atoms with E-state index >= 15 is 0 Å². The molecule has 1 aliphatic rings. The van der Waals surface area contributed by atoms with E-state index in [2.05, 4.69) is 46.4 Å². The molecule has 1 aromatic heterocycles. The highest BCUT2D eigenvalue weighted by Gasteiger charge is 2.20. The number of nitrogens with one attached hydrogen (secondary N) is 1. The highest BCUT2D eigenvalue weighted by atomic mass is 35.5. The van der Waals surface area contributed by atoms with Crippen LogP contribution in [0.15, 0.2) is 54.4 Å². The molecular formula is C26H31Cl2FN4O. The van der Waals surface area contributed by atoms with E-state index in [1.807, 2.05) is 13.0 Å². The monoisotopic (exact) mass is 504 g/mol. The molecule has 5 nitrogen and oxygen atoms in total. The fraction of sp³-hybridized carbons (Fsp3) is 0.346. The Bertz CT molecular complexity index is 1090. The van der Waals surface area contributed by atoms with Crippen LogP contribution in [0.3, 0.4) is 0 Å². The molecule has 0 aliphatic carbocycles. The number of piperazine rings is 1. The highest BCUT2D eigenvalue weighted by molar-refractivity contribution is 6.36. The summed E-state index contributed by atoms with van der Waals surface area (Å²) in [4.78, 5) is 6.71. The molecule has 0 bridgehead atoms. The second kappa shape index (κ2) is 12.2. The van der Waals surface area contributed by atoms with E-state index in [0.29, 0.717) is 16.3 Å². The van der Waals surface area contributed by atoms with Crippen molar-refractivity contribution in [3.63, 3.8) is 0 Å². The molecule has 1 unspecified atom stereocenters. The number of nitrogens with zero attached hydrogens (tertiary/aromatic N) is 2. The van der Waals surface area contributed by atoms with Gasteiger partial charge >= 0.3 is 0 Å². The average Bonchev–Trinajstić information content (AvgIpc) is 2.84. The minimum Gasteiger partial charge on any atom is -0.482 e. The first kappa shape index (κ1) is 26.1. The summed E-state index contributed by atoms with van der Waals surface area (Å²) in [5.74, 6) is 0.0471. The predicted octanol–water partition coefficient (Wildman–Crippen LogP) is 6.41. The quantitative estimate of drug-likeness (QED) is 0.321. The standard InChI is InChI=1S/C26H31Cl2FN4O/c1-4-6-7-18(14-20(5-2)33-12-10-31-11-13-33)19-15-23(26(30)32-16-19)34-17(3)24-21(27)8-9-22(29)25(24)28/h5-9,14-17,31H,4,10-13H2,1-3H3,(H2,30,32)/b7-6+,18-14+,20-5+. The van der Waals surface area contributed by atoms with Gasteiger partial charge in [-0.1, -0.05) is 48.4 Å². The van der Waals surface area contributed by atoms with Gasteiger partial charge in [-0.15, -0.1) is 0 Å². The Kier molecular flexibility index (Phi) is 9.39. The molecule has 0 amide bonds. The third-order valence-electron chi connectivity index (χ3n) is 5.62. The van der Waals surface area contributed by atoms with Gasteiger partial charge in [0.05, 0.1) is 5.02 Å². The molecular weight excluding hydrogens is 474 g/mol. The number of benzene rings is 1. The van der Waals surface area contributed by atoms with Crippen LogP contribution in [0.25, 0.3) is 5.57 Å². The first-order valence-corrected chi connectivity index (χ1v) is 12.2. The maximum Gasteiger partial charge on any atom is 0.166 e. The number of rotatable bonds is 8. The van der Waals surface area contributed by atoms with Gasteiger partial charge in [-0.05, 0) is 50.1 Å². The number of allylic oxidation sites excluding steroid dienone is 5. The van der Waals surface area contributed by atoms with E-state index < -0.39 is 11.9 Å². The molecule has 3 rings (SSSR count). The second-order valence-electron chi connectivity index (χ2n) is 7.99. The van der Waals surface area contributed by atoms with Crippen LogP contribution in [0.2, 0.25) is 10.0 Å². The maximum atomic E-state index is 14.0. The number of ether oxygens (including phenoxy) is 1. The van der Waals surface area contributed by atoms with Crippen molar-refractivity contribution in [2.45, 2.75) is 33.3 Å².